The molecular formula is C19H19N3O4. The van der Waals surface area contributed by atoms with Gasteiger partial charge in [0.15, 0.2) is 11.5 Å². The van der Waals surface area contributed by atoms with Gasteiger partial charge in [0.1, 0.15) is 6.04 Å². The highest BCUT2D eigenvalue weighted by Gasteiger charge is 2.23. The Morgan fingerprint density at radius 2 is 1.77 bits per heavy atom. The Morgan fingerprint density at radius 1 is 1.04 bits per heavy atom. The zero-order valence-electron chi connectivity index (χ0n) is 14.7. The number of amides is 1. The Labute approximate surface area is 151 Å². The second kappa shape index (κ2) is 7.69. The van der Waals surface area contributed by atoms with Crippen molar-refractivity contribution in [2.75, 3.05) is 14.2 Å². The summed E-state index contributed by atoms with van der Waals surface area (Å²) < 4.78 is 16.0. The van der Waals surface area contributed by atoms with Gasteiger partial charge in [-0.3, -0.25) is 4.79 Å². The third-order valence-electron chi connectivity index (χ3n) is 3.84. The highest BCUT2D eigenvalue weighted by atomic mass is 16.5. The van der Waals surface area contributed by atoms with Crippen LogP contribution in [0.25, 0.3) is 0 Å². The summed E-state index contributed by atoms with van der Waals surface area (Å²) in [5.74, 6) is 1.49. The minimum absolute atomic E-state index is 0.296. The van der Waals surface area contributed by atoms with Crippen molar-refractivity contribution >= 4 is 5.91 Å². The van der Waals surface area contributed by atoms with Crippen molar-refractivity contribution in [2.24, 2.45) is 0 Å². The van der Waals surface area contributed by atoms with Gasteiger partial charge >= 0.3 is 0 Å². The molecule has 0 spiro atoms. The monoisotopic (exact) mass is 353 g/mol. The Kier molecular flexibility index (Phi) is 5.17. The summed E-state index contributed by atoms with van der Waals surface area (Å²) >= 11 is 0. The maximum Gasteiger partial charge on any atom is 0.252 e. The van der Waals surface area contributed by atoms with Gasteiger partial charge in [-0.05, 0) is 23.8 Å². The second-order valence-corrected chi connectivity index (χ2v) is 5.55. The van der Waals surface area contributed by atoms with E-state index in [4.69, 9.17) is 13.9 Å². The van der Waals surface area contributed by atoms with Crippen molar-refractivity contribution in [3.05, 3.63) is 71.4 Å². The van der Waals surface area contributed by atoms with Crippen molar-refractivity contribution in [1.82, 2.24) is 15.5 Å². The summed E-state index contributed by atoms with van der Waals surface area (Å²) in [5.41, 5.74) is 1.27. The molecule has 1 amide bonds. The molecule has 3 aromatic rings. The van der Waals surface area contributed by atoms with E-state index in [0.717, 1.165) is 5.56 Å². The van der Waals surface area contributed by atoms with Crippen molar-refractivity contribution in [3.63, 3.8) is 0 Å². The van der Waals surface area contributed by atoms with Gasteiger partial charge in [0.05, 0.1) is 14.2 Å². The third kappa shape index (κ3) is 3.66. The van der Waals surface area contributed by atoms with Crippen LogP contribution >= 0.6 is 0 Å². The number of hydrogen-bond acceptors (Lipinski definition) is 6. The van der Waals surface area contributed by atoms with E-state index >= 15 is 0 Å². The molecule has 26 heavy (non-hydrogen) atoms. The fourth-order valence-corrected chi connectivity index (χ4v) is 2.55. The second-order valence-electron chi connectivity index (χ2n) is 5.55. The van der Waals surface area contributed by atoms with Crippen LogP contribution in [0, 0.1) is 6.92 Å². The van der Waals surface area contributed by atoms with E-state index < -0.39 is 6.04 Å². The van der Waals surface area contributed by atoms with E-state index in [-0.39, 0.29) is 5.91 Å². The number of aryl methyl sites for hydroxylation is 1. The van der Waals surface area contributed by atoms with Crippen molar-refractivity contribution in [2.45, 2.75) is 13.0 Å². The smallest absolute Gasteiger partial charge is 0.252 e. The van der Waals surface area contributed by atoms with E-state index in [0.29, 0.717) is 28.8 Å². The van der Waals surface area contributed by atoms with Crippen LogP contribution in [0.2, 0.25) is 0 Å². The van der Waals surface area contributed by atoms with Crippen LogP contribution in [0.4, 0.5) is 0 Å². The molecular weight excluding hydrogens is 334 g/mol. The first-order valence-electron chi connectivity index (χ1n) is 8.00. The van der Waals surface area contributed by atoms with Crippen molar-refractivity contribution < 1.29 is 18.7 Å². The number of hydrogen-bond donors (Lipinski definition) is 1. The normalized spacial score (nSPS) is 11.7. The minimum atomic E-state index is -0.557. The van der Waals surface area contributed by atoms with Crippen LogP contribution in [0.5, 0.6) is 11.5 Å². The summed E-state index contributed by atoms with van der Waals surface area (Å²) in [6.07, 6.45) is 0. The highest BCUT2D eigenvalue weighted by molar-refractivity contribution is 5.95. The highest BCUT2D eigenvalue weighted by Crippen LogP contribution is 2.28. The summed E-state index contributed by atoms with van der Waals surface area (Å²) in [7, 11) is 3.06. The minimum Gasteiger partial charge on any atom is -0.493 e. The summed E-state index contributed by atoms with van der Waals surface area (Å²) in [4.78, 5) is 12.8. The van der Waals surface area contributed by atoms with Gasteiger partial charge in [-0.25, -0.2) is 0 Å². The van der Waals surface area contributed by atoms with Crippen LogP contribution in [-0.2, 0) is 0 Å². The van der Waals surface area contributed by atoms with E-state index in [9.17, 15) is 4.79 Å². The predicted octanol–water partition coefficient (Wildman–Crippen LogP) is 2.91. The molecule has 0 aliphatic heterocycles. The molecule has 2 aromatic carbocycles. The Bertz CT molecular complexity index is 893. The molecule has 0 aliphatic rings. The molecule has 0 fully saturated rings. The molecule has 1 aromatic heterocycles. The maximum absolute atomic E-state index is 12.8. The standard InChI is InChI=1S/C19H19N3O4/c1-12-21-22-19(26-12)17(13-7-5-4-6-8-13)20-18(23)14-9-10-15(24-2)16(11-14)25-3/h4-11,17H,1-3H3,(H,20,23). The fraction of sp³-hybridized carbons (Fsp3) is 0.211. The first-order valence-corrected chi connectivity index (χ1v) is 8.00. The zero-order valence-corrected chi connectivity index (χ0v) is 14.7. The van der Waals surface area contributed by atoms with Gasteiger partial charge in [0.25, 0.3) is 5.91 Å². The van der Waals surface area contributed by atoms with E-state index in [1.807, 2.05) is 30.3 Å². The number of carbonyl (C=O) groups excluding carboxylic acids is 1. The molecule has 7 heteroatoms. The average Bonchev–Trinajstić information content (AvgIpc) is 3.12. The van der Waals surface area contributed by atoms with Crippen LogP contribution in [0.1, 0.15) is 33.7 Å². The number of carbonyl (C=O) groups is 1. The van der Waals surface area contributed by atoms with E-state index in [1.165, 1.54) is 7.11 Å². The summed E-state index contributed by atoms with van der Waals surface area (Å²) in [5, 5.41) is 10.8. The number of nitrogens with one attached hydrogen (secondary N) is 1. The van der Waals surface area contributed by atoms with E-state index in [2.05, 4.69) is 15.5 Å². The molecule has 1 unspecified atom stereocenters. The SMILES string of the molecule is COc1ccc(C(=O)NC(c2ccccc2)c2nnc(C)o2)cc1OC. The molecule has 0 radical (unpaired) electrons. The Hall–Kier alpha value is -3.35. The van der Waals surface area contributed by atoms with Gasteiger partial charge in [-0.2, -0.15) is 0 Å². The number of methoxy groups -OCH3 is 2. The molecule has 3 rings (SSSR count). The van der Waals surface area contributed by atoms with Crippen molar-refractivity contribution in [3.8, 4) is 11.5 Å². The van der Waals surface area contributed by atoms with Gasteiger partial charge < -0.3 is 19.2 Å². The van der Waals surface area contributed by atoms with Crippen LogP contribution < -0.4 is 14.8 Å². The number of benzene rings is 2. The van der Waals surface area contributed by atoms with Gasteiger partial charge in [-0.15, -0.1) is 10.2 Å². The van der Waals surface area contributed by atoms with Gasteiger partial charge in [-0.1, -0.05) is 30.3 Å². The molecule has 0 saturated carbocycles. The fourth-order valence-electron chi connectivity index (χ4n) is 2.55. The average molecular weight is 353 g/mol. The zero-order chi connectivity index (χ0) is 18.5. The van der Waals surface area contributed by atoms with Crippen LogP contribution in [0.15, 0.2) is 52.9 Å². The van der Waals surface area contributed by atoms with Crippen LogP contribution in [-0.4, -0.2) is 30.3 Å². The maximum atomic E-state index is 12.8. The molecule has 0 bridgehead atoms. The largest absolute Gasteiger partial charge is 0.493 e. The topological polar surface area (TPSA) is 86.5 Å². The third-order valence-corrected chi connectivity index (χ3v) is 3.84. The predicted molar refractivity (Wildman–Crippen MR) is 94.3 cm³/mol. The Balaban J connectivity index is 1.91. The molecule has 1 atom stereocenters. The molecule has 1 N–H and O–H groups in total. The lowest BCUT2D eigenvalue weighted by atomic mass is 10.1. The molecule has 134 valence electrons. The molecule has 0 saturated heterocycles. The Morgan fingerprint density at radius 3 is 2.38 bits per heavy atom. The summed E-state index contributed by atoms with van der Waals surface area (Å²) in [6, 6.07) is 13.9. The van der Waals surface area contributed by atoms with E-state index in [1.54, 1.807) is 32.2 Å². The molecule has 7 nitrogen and oxygen atoms in total. The first-order chi connectivity index (χ1) is 12.6. The number of rotatable bonds is 6. The van der Waals surface area contributed by atoms with Gasteiger partial charge in [0.2, 0.25) is 11.8 Å². The van der Waals surface area contributed by atoms with Gasteiger partial charge in [0, 0.05) is 12.5 Å². The first kappa shape index (κ1) is 17.5. The number of ether oxygens (including phenoxy) is 2. The molecule has 1 heterocycles. The lowest BCUT2D eigenvalue weighted by Crippen LogP contribution is -2.29. The number of aromatic nitrogens is 2. The molecule has 0 aliphatic carbocycles. The summed E-state index contributed by atoms with van der Waals surface area (Å²) in [6.45, 7) is 1.70. The van der Waals surface area contributed by atoms with Crippen LogP contribution in [0.3, 0.4) is 0 Å². The lowest BCUT2D eigenvalue weighted by Gasteiger charge is -2.16. The van der Waals surface area contributed by atoms with Crippen molar-refractivity contribution in [1.29, 1.82) is 0 Å². The quantitative estimate of drug-likeness (QED) is 0.733. The number of nitrogens with zero attached hydrogens (tertiary/aromatic N) is 2. The lowest BCUT2D eigenvalue weighted by molar-refractivity contribution is 0.0937.